The van der Waals surface area contributed by atoms with Crippen LogP contribution >= 0.6 is 11.6 Å². The Balaban J connectivity index is 1.82. The van der Waals surface area contributed by atoms with Crippen molar-refractivity contribution in [2.45, 2.75) is 5.41 Å². The van der Waals surface area contributed by atoms with Gasteiger partial charge in [0.1, 0.15) is 0 Å². The first kappa shape index (κ1) is 11.0. The number of halogens is 1. The number of carbonyl (C=O) groups excluding carboxylic acids is 1. The number of ketones is 1. The average Bonchev–Trinajstić information content (AvgIpc) is 2.35. The fraction of sp³-hybridized carbons (Fsp3) is 0.500. The first-order valence-electron chi connectivity index (χ1n) is 6.42. The Hall–Kier alpha value is -0.900. The molecule has 0 saturated carbocycles. The van der Waals surface area contributed by atoms with Crippen LogP contribution in [0.3, 0.4) is 0 Å². The summed E-state index contributed by atoms with van der Waals surface area (Å²) >= 11 is 5.95. The molecule has 4 bridgehead atoms. The number of hydrogen-bond donors (Lipinski definition) is 0. The molecule has 2 unspecified atom stereocenters. The fourth-order valence-electron chi connectivity index (χ4n) is 3.93. The van der Waals surface area contributed by atoms with Crippen molar-refractivity contribution in [3.8, 4) is 0 Å². The summed E-state index contributed by atoms with van der Waals surface area (Å²) in [4.78, 5) is 17.5. The lowest BCUT2D eigenvalue weighted by molar-refractivity contribution is -0.153. The van der Waals surface area contributed by atoms with E-state index in [1.165, 1.54) is 0 Å². The monoisotopic (exact) mass is 262 g/mol. The minimum Gasteiger partial charge on any atom is -0.298 e. The Morgan fingerprint density at radius 2 is 1.72 bits per heavy atom. The largest absolute Gasteiger partial charge is 0.298 e. The van der Waals surface area contributed by atoms with Gasteiger partial charge in [-0.2, -0.15) is 0 Å². The SMILES string of the molecule is O=C1C2CN3CN(C2)CC1(c1ccc(Cl)cc1)C3. The second kappa shape index (κ2) is 3.56. The third kappa shape index (κ3) is 1.35. The molecule has 0 N–H and O–H groups in total. The lowest BCUT2D eigenvalue weighted by Gasteiger charge is -2.58. The molecule has 5 rings (SSSR count). The van der Waals surface area contributed by atoms with E-state index in [1.807, 2.05) is 24.3 Å². The summed E-state index contributed by atoms with van der Waals surface area (Å²) in [5.41, 5.74) is 0.834. The topological polar surface area (TPSA) is 23.6 Å². The van der Waals surface area contributed by atoms with Crippen LogP contribution in [0.5, 0.6) is 0 Å². The van der Waals surface area contributed by atoms with E-state index in [2.05, 4.69) is 9.80 Å². The van der Waals surface area contributed by atoms with E-state index in [4.69, 9.17) is 11.6 Å². The van der Waals surface area contributed by atoms with Crippen LogP contribution in [0.15, 0.2) is 24.3 Å². The quantitative estimate of drug-likeness (QED) is 0.764. The van der Waals surface area contributed by atoms with Crippen LogP contribution in [0.4, 0.5) is 0 Å². The second-order valence-corrected chi connectivity index (χ2v) is 6.25. The molecule has 3 nitrogen and oxygen atoms in total. The van der Waals surface area contributed by atoms with Gasteiger partial charge in [0.05, 0.1) is 12.1 Å². The zero-order valence-electron chi connectivity index (χ0n) is 10.1. The Bertz CT molecular complexity index is 499. The third-order valence-corrected chi connectivity index (χ3v) is 4.84. The maximum Gasteiger partial charge on any atom is 0.151 e. The highest BCUT2D eigenvalue weighted by Gasteiger charge is 2.56. The molecule has 0 radical (unpaired) electrons. The second-order valence-electron chi connectivity index (χ2n) is 5.81. The molecule has 1 aromatic carbocycles. The number of rotatable bonds is 1. The highest BCUT2D eigenvalue weighted by molar-refractivity contribution is 6.30. The summed E-state index contributed by atoms with van der Waals surface area (Å²) in [6.45, 7) is 4.68. The number of Topliss-reactive ketones (excluding diaryl/α,β-unsaturated/α-hetero) is 1. The van der Waals surface area contributed by atoms with Crippen LogP contribution in [0.1, 0.15) is 5.56 Å². The predicted molar refractivity (Wildman–Crippen MR) is 69.6 cm³/mol. The van der Waals surface area contributed by atoms with Crippen LogP contribution in [0.25, 0.3) is 0 Å². The number of hydrogen-bond acceptors (Lipinski definition) is 3. The van der Waals surface area contributed by atoms with Gasteiger partial charge in [-0.3, -0.25) is 14.6 Å². The molecule has 2 atom stereocenters. The number of carbonyl (C=O) groups is 1. The predicted octanol–water partition coefficient (Wildman–Crippen LogP) is 1.37. The molecule has 4 fully saturated rings. The van der Waals surface area contributed by atoms with Crippen LogP contribution < -0.4 is 0 Å². The minimum absolute atomic E-state index is 0.205. The molecule has 4 aliphatic heterocycles. The van der Waals surface area contributed by atoms with E-state index in [0.717, 1.165) is 43.4 Å². The molecule has 1 aromatic rings. The maximum absolute atomic E-state index is 12.7. The van der Waals surface area contributed by atoms with E-state index in [0.29, 0.717) is 5.78 Å². The van der Waals surface area contributed by atoms with E-state index < -0.39 is 0 Å². The van der Waals surface area contributed by atoms with Crippen molar-refractivity contribution < 1.29 is 4.79 Å². The molecule has 0 spiro atoms. The zero-order valence-corrected chi connectivity index (χ0v) is 10.9. The highest BCUT2D eigenvalue weighted by atomic mass is 35.5. The molecule has 4 heterocycles. The molecular formula is C14H15ClN2O. The number of piperidine rings is 2. The van der Waals surface area contributed by atoms with Gasteiger partial charge in [0.2, 0.25) is 0 Å². The van der Waals surface area contributed by atoms with Crippen LogP contribution in [-0.4, -0.2) is 48.4 Å². The molecule has 18 heavy (non-hydrogen) atoms. The first-order valence-corrected chi connectivity index (χ1v) is 6.80. The van der Waals surface area contributed by atoms with Gasteiger partial charge >= 0.3 is 0 Å². The first-order chi connectivity index (χ1) is 8.67. The van der Waals surface area contributed by atoms with Crippen LogP contribution in [0, 0.1) is 5.92 Å². The Morgan fingerprint density at radius 1 is 1.11 bits per heavy atom. The van der Waals surface area contributed by atoms with Gasteiger partial charge in [0.25, 0.3) is 0 Å². The summed E-state index contributed by atoms with van der Waals surface area (Å²) in [6.07, 6.45) is 0. The Morgan fingerprint density at radius 3 is 2.33 bits per heavy atom. The maximum atomic E-state index is 12.7. The molecule has 0 aromatic heterocycles. The minimum atomic E-state index is -0.302. The van der Waals surface area contributed by atoms with Crippen molar-refractivity contribution in [1.82, 2.24) is 9.80 Å². The summed E-state index contributed by atoms with van der Waals surface area (Å²) in [5.74, 6) is 0.647. The summed E-state index contributed by atoms with van der Waals surface area (Å²) in [6, 6.07) is 7.84. The van der Waals surface area contributed by atoms with Gasteiger partial charge in [0.15, 0.2) is 5.78 Å². The standard InChI is InChI=1S/C14H15ClN2O/c15-12-3-1-11(2-4-12)14-7-16-5-10(13(14)18)6-17(8-14)9-16/h1-4,10H,5-9H2. The highest BCUT2D eigenvalue weighted by Crippen LogP contribution is 2.42. The third-order valence-electron chi connectivity index (χ3n) is 4.58. The molecule has 4 saturated heterocycles. The van der Waals surface area contributed by atoms with Gasteiger partial charge in [-0.05, 0) is 17.7 Å². The molecule has 0 aliphatic carbocycles. The van der Waals surface area contributed by atoms with Crippen molar-refractivity contribution in [2.75, 3.05) is 32.8 Å². The van der Waals surface area contributed by atoms with E-state index in [-0.39, 0.29) is 11.3 Å². The fourth-order valence-corrected chi connectivity index (χ4v) is 4.05. The van der Waals surface area contributed by atoms with Crippen LogP contribution in [-0.2, 0) is 10.2 Å². The molecular weight excluding hydrogens is 248 g/mol. The van der Waals surface area contributed by atoms with Gasteiger partial charge in [-0.1, -0.05) is 23.7 Å². The van der Waals surface area contributed by atoms with E-state index in [1.54, 1.807) is 0 Å². The van der Waals surface area contributed by atoms with Gasteiger partial charge in [-0.25, -0.2) is 0 Å². The van der Waals surface area contributed by atoms with Gasteiger partial charge in [-0.15, -0.1) is 0 Å². The van der Waals surface area contributed by atoms with Crippen LogP contribution in [0.2, 0.25) is 5.02 Å². The number of nitrogens with zero attached hydrogens (tertiary/aromatic N) is 2. The Kier molecular flexibility index (Phi) is 2.17. The van der Waals surface area contributed by atoms with Crippen molar-refractivity contribution >= 4 is 17.4 Å². The lowest BCUT2D eigenvalue weighted by atomic mass is 9.65. The van der Waals surface area contributed by atoms with Crippen molar-refractivity contribution in [1.29, 1.82) is 0 Å². The Labute approximate surface area is 111 Å². The molecule has 4 aliphatic rings. The number of benzene rings is 1. The zero-order chi connectivity index (χ0) is 12.3. The van der Waals surface area contributed by atoms with Crippen molar-refractivity contribution in [3.63, 3.8) is 0 Å². The molecule has 0 amide bonds. The van der Waals surface area contributed by atoms with Gasteiger partial charge in [0, 0.05) is 37.1 Å². The summed E-state index contributed by atoms with van der Waals surface area (Å²) in [7, 11) is 0. The smallest absolute Gasteiger partial charge is 0.151 e. The average molecular weight is 263 g/mol. The summed E-state index contributed by atoms with van der Waals surface area (Å²) in [5, 5.41) is 0.733. The van der Waals surface area contributed by atoms with Gasteiger partial charge < -0.3 is 0 Å². The lowest BCUT2D eigenvalue weighted by Crippen LogP contribution is -2.73. The normalized spacial score (nSPS) is 41.4. The van der Waals surface area contributed by atoms with E-state index >= 15 is 0 Å². The summed E-state index contributed by atoms with van der Waals surface area (Å²) < 4.78 is 0. The van der Waals surface area contributed by atoms with E-state index in [9.17, 15) is 4.79 Å². The van der Waals surface area contributed by atoms with Crippen molar-refractivity contribution in [3.05, 3.63) is 34.9 Å². The molecule has 4 heteroatoms. The molecule has 94 valence electrons. The van der Waals surface area contributed by atoms with Crippen molar-refractivity contribution in [2.24, 2.45) is 5.92 Å².